The van der Waals surface area contributed by atoms with Crippen molar-refractivity contribution >= 4 is 57.1 Å². The van der Waals surface area contributed by atoms with Crippen LogP contribution < -0.4 is 10.6 Å². The maximum atomic E-state index is 13.8. The number of ether oxygens (including phenoxy) is 1. The van der Waals surface area contributed by atoms with Gasteiger partial charge < -0.3 is 29.4 Å². The van der Waals surface area contributed by atoms with Crippen LogP contribution >= 0.6 is 0 Å². The number of aromatic amines is 1. The van der Waals surface area contributed by atoms with E-state index in [0.717, 1.165) is 91.4 Å². The standard InChI is InChI=1S/C50H53N11O6/c1-6-60-41(23-37(57-60)31-16-17-31)54-47-44-36-21-27(2)35(42-29(4)58-67-30(42)5)22-38(36)53-46(44)55-45(56-47)40(62)14-7-8-19-59-24-33(51-26-59)25-66-20-10-12-32-11-9-13-34-43(32)50(65)61(49(34)64)39-18-15-28(3)52-48(39)63/h9,11,13,21-24,26,31,39H,3,6-8,10,12,14-20,25H2,1-2,4-5H3,(H,52,63)(H2,53,54,55,56). The van der Waals surface area contributed by atoms with Crippen molar-refractivity contribution in [2.24, 2.45) is 0 Å². The van der Waals surface area contributed by atoms with Gasteiger partial charge in [0, 0.05) is 66.5 Å². The molecule has 2 aliphatic heterocycles. The number of hydrogen-bond donors (Lipinski definition) is 3. The highest BCUT2D eigenvalue weighted by atomic mass is 16.5. The second-order valence-corrected chi connectivity index (χ2v) is 17.9. The number of fused-ring (bicyclic) bond motifs is 4. The number of allylic oxidation sites excluding steroid dienone is 1. The van der Waals surface area contributed by atoms with E-state index in [1.165, 1.54) is 0 Å². The monoisotopic (exact) mass is 903 g/mol. The molecule has 17 heteroatoms. The summed E-state index contributed by atoms with van der Waals surface area (Å²) in [5.41, 5.74) is 9.18. The predicted molar refractivity (Wildman–Crippen MR) is 250 cm³/mol. The van der Waals surface area contributed by atoms with Gasteiger partial charge in [-0.05, 0) is 114 Å². The number of imidazole rings is 1. The van der Waals surface area contributed by atoms with Crippen molar-refractivity contribution in [2.75, 3.05) is 11.9 Å². The van der Waals surface area contributed by atoms with Crippen LogP contribution in [0.4, 0.5) is 11.6 Å². The van der Waals surface area contributed by atoms with Gasteiger partial charge in [-0.15, -0.1) is 0 Å². The van der Waals surface area contributed by atoms with Crippen molar-refractivity contribution in [3.05, 3.63) is 112 Å². The number of rotatable bonds is 18. The number of carbonyl (C=O) groups is 4. The Balaban J connectivity index is 0.758. The first-order chi connectivity index (χ1) is 32.4. The highest BCUT2D eigenvalue weighted by Crippen LogP contribution is 2.42. The molecule has 0 bridgehead atoms. The molecule has 1 unspecified atom stereocenters. The number of Topliss-reactive ketones (excluding diaryl/α,β-unsaturated/α-hetero) is 1. The Morgan fingerprint density at radius 3 is 2.63 bits per heavy atom. The van der Waals surface area contributed by atoms with Crippen LogP contribution in [0.15, 0.2) is 65.7 Å². The van der Waals surface area contributed by atoms with Gasteiger partial charge in [-0.1, -0.05) is 23.9 Å². The summed E-state index contributed by atoms with van der Waals surface area (Å²) < 4.78 is 15.4. The van der Waals surface area contributed by atoms with Gasteiger partial charge in [0.1, 0.15) is 29.1 Å². The molecule has 1 saturated heterocycles. The summed E-state index contributed by atoms with van der Waals surface area (Å²) in [6.45, 7) is 13.9. The number of amides is 3. The van der Waals surface area contributed by atoms with Gasteiger partial charge in [-0.2, -0.15) is 5.10 Å². The average molecular weight is 904 g/mol. The minimum atomic E-state index is -0.848. The van der Waals surface area contributed by atoms with E-state index in [2.05, 4.69) is 64.4 Å². The van der Waals surface area contributed by atoms with Gasteiger partial charge in [0.05, 0.1) is 46.5 Å². The number of H-pyrrole nitrogens is 1. The number of carbonyl (C=O) groups excluding carboxylic acids is 4. The molecule has 3 amide bonds. The van der Waals surface area contributed by atoms with Crippen molar-refractivity contribution < 1.29 is 28.4 Å². The van der Waals surface area contributed by atoms with Crippen molar-refractivity contribution in [1.82, 2.24) is 49.7 Å². The van der Waals surface area contributed by atoms with E-state index in [9.17, 15) is 19.2 Å². The summed E-state index contributed by atoms with van der Waals surface area (Å²) in [7, 11) is 0. The normalized spacial score (nSPS) is 16.2. The summed E-state index contributed by atoms with van der Waals surface area (Å²) in [4.78, 5) is 72.1. The fourth-order valence-corrected chi connectivity index (χ4v) is 9.49. The second-order valence-electron chi connectivity index (χ2n) is 17.9. The zero-order chi connectivity index (χ0) is 46.5. The van der Waals surface area contributed by atoms with Crippen molar-refractivity contribution in [3.8, 4) is 11.1 Å². The number of nitrogens with zero attached hydrogens (tertiary/aromatic N) is 8. The lowest BCUT2D eigenvalue weighted by molar-refractivity contribution is -0.125. The number of nitrogens with one attached hydrogen (secondary N) is 3. The fraction of sp³-hybridized carbons (Fsp3) is 0.380. The molecule has 3 aliphatic rings. The highest BCUT2D eigenvalue weighted by molar-refractivity contribution is 6.23. The summed E-state index contributed by atoms with van der Waals surface area (Å²) in [5, 5.41) is 17.0. The maximum absolute atomic E-state index is 13.8. The Kier molecular flexibility index (Phi) is 11.6. The highest BCUT2D eigenvalue weighted by Gasteiger charge is 2.44. The van der Waals surface area contributed by atoms with E-state index in [1.54, 1.807) is 18.5 Å². The second kappa shape index (κ2) is 17.8. The van der Waals surface area contributed by atoms with Gasteiger partial charge in [-0.3, -0.25) is 24.1 Å². The zero-order valence-corrected chi connectivity index (χ0v) is 38.2. The summed E-state index contributed by atoms with van der Waals surface area (Å²) in [6, 6.07) is 10.7. The predicted octanol–water partition coefficient (Wildman–Crippen LogP) is 8.32. The molecular formula is C50H53N11O6. The van der Waals surface area contributed by atoms with E-state index in [1.807, 2.05) is 35.4 Å². The van der Waals surface area contributed by atoms with E-state index < -0.39 is 17.9 Å². The minimum Gasteiger partial charge on any atom is -0.375 e. The number of anilines is 2. The van der Waals surface area contributed by atoms with Crippen LogP contribution in [0.25, 0.3) is 33.1 Å². The molecule has 344 valence electrons. The van der Waals surface area contributed by atoms with Crippen molar-refractivity contribution in [1.29, 1.82) is 0 Å². The minimum absolute atomic E-state index is 0.143. The SMILES string of the molecule is C=C1CCC(N2C(=O)c3cccc(CCCOCc4cn(CCCCC(=O)c5nc(Nc6cc(C7CC7)nn6CC)c6c(n5)[nH]c5cc(-c7c(C)noc7C)c(C)cc56)cn4)c3C2=O)C(=O)N1. The van der Waals surface area contributed by atoms with Gasteiger partial charge in [0.2, 0.25) is 5.91 Å². The molecule has 3 N–H and O–H groups in total. The zero-order valence-electron chi connectivity index (χ0n) is 38.2. The van der Waals surface area contributed by atoms with Gasteiger partial charge in [0.25, 0.3) is 11.8 Å². The molecule has 7 aromatic rings. The van der Waals surface area contributed by atoms with Gasteiger partial charge in [0.15, 0.2) is 11.6 Å². The van der Waals surface area contributed by atoms with E-state index in [0.29, 0.717) is 92.6 Å². The Bertz CT molecular complexity index is 3110. The van der Waals surface area contributed by atoms with Crippen LogP contribution in [0, 0.1) is 20.8 Å². The Labute approximate surface area is 386 Å². The van der Waals surface area contributed by atoms with Crippen LogP contribution in [-0.2, 0) is 35.6 Å². The van der Waals surface area contributed by atoms with E-state index in [4.69, 9.17) is 24.3 Å². The number of hydrogen-bond acceptors (Lipinski definition) is 12. The maximum Gasteiger partial charge on any atom is 0.262 e. The molecule has 17 nitrogen and oxygen atoms in total. The third-order valence-corrected chi connectivity index (χ3v) is 13.1. The first kappa shape index (κ1) is 43.6. The quantitative estimate of drug-likeness (QED) is 0.0422. The van der Waals surface area contributed by atoms with Crippen LogP contribution in [0.2, 0.25) is 0 Å². The summed E-state index contributed by atoms with van der Waals surface area (Å²) in [6.07, 6.45) is 9.67. The molecule has 0 radical (unpaired) electrons. The summed E-state index contributed by atoms with van der Waals surface area (Å²) >= 11 is 0. The third-order valence-electron chi connectivity index (χ3n) is 13.1. The molecule has 67 heavy (non-hydrogen) atoms. The number of piperidine rings is 1. The molecule has 0 spiro atoms. The number of unbranched alkanes of at least 4 members (excludes halogenated alkanes) is 1. The Hall–Kier alpha value is -7.27. The molecule has 1 atom stereocenters. The largest absolute Gasteiger partial charge is 0.375 e. The molecule has 2 aromatic carbocycles. The van der Waals surface area contributed by atoms with Crippen molar-refractivity contribution in [3.63, 3.8) is 0 Å². The van der Waals surface area contributed by atoms with Crippen LogP contribution in [0.1, 0.15) is 130 Å². The lowest BCUT2D eigenvalue weighted by Gasteiger charge is -2.29. The smallest absolute Gasteiger partial charge is 0.262 e. The Morgan fingerprint density at radius 1 is 1.00 bits per heavy atom. The first-order valence-corrected chi connectivity index (χ1v) is 23.2. The number of aryl methyl sites for hydroxylation is 6. The number of ketones is 1. The third kappa shape index (κ3) is 8.43. The van der Waals surface area contributed by atoms with Gasteiger partial charge >= 0.3 is 0 Å². The van der Waals surface area contributed by atoms with E-state index >= 15 is 0 Å². The lowest BCUT2D eigenvalue weighted by atomic mass is 9.97. The Morgan fingerprint density at radius 2 is 1.85 bits per heavy atom. The summed E-state index contributed by atoms with van der Waals surface area (Å²) in [5.74, 6) is 1.36. The van der Waals surface area contributed by atoms with Crippen LogP contribution in [0.5, 0.6) is 0 Å². The molecule has 7 heterocycles. The lowest BCUT2D eigenvalue weighted by Crippen LogP contribution is -2.51. The topological polar surface area (TPSA) is 208 Å². The molecule has 1 aliphatic carbocycles. The fourth-order valence-electron chi connectivity index (χ4n) is 9.49. The molecular weight excluding hydrogens is 851 g/mol. The van der Waals surface area contributed by atoms with Crippen LogP contribution in [0.3, 0.4) is 0 Å². The molecule has 5 aromatic heterocycles. The number of imide groups is 1. The van der Waals surface area contributed by atoms with Crippen LogP contribution in [-0.4, -0.2) is 80.5 Å². The first-order valence-electron chi connectivity index (χ1n) is 23.2. The molecule has 10 rings (SSSR count). The van der Waals surface area contributed by atoms with Crippen molar-refractivity contribution in [2.45, 2.75) is 117 Å². The van der Waals surface area contributed by atoms with Gasteiger partial charge in [-0.25, -0.2) is 19.6 Å². The molecule has 2 fully saturated rings. The molecule has 1 saturated carbocycles. The average Bonchev–Trinajstić information content (AvgIpc) is 3.51. The number of benzene rings is 2. The number of aromatic nitrogens is 8. The van der Waals surface area contributed by atoms with E-state index in [-0.39, 0.29) is 23.9 Å².